The van der Waals surface area contributed by atoms with E-state index in [-0.39, 0.29) is 11.7 Å². The molecule has 0 saturated heterocycles. The number of carbonyl (C=O) groups excluding carboxylic acids is 1. The Labute approximate surface area is 116 Å². The maximum atomic E-state index is 11.5. The summed E-state index contributed by atoms with van der Waals surface area (Å²) in [5.41, 5.74) is -0.667. The fourth-order valence-electron chi connectivity index (χ4n) is 1.45. The molecule has 0 aromatic carbocycles. The van der Waals surface area contributed by atoms with Gasteiger partial charge < -0.3 is 4.74 Å². The number of hydrogen-bond donors (Lipinski definition) is 1. The molecule has 0 aliphatic heterocycles. The van der Waals surface area contributed by atoms with E-state index in [4.69, 9.17) is 4.74 Å². The minimum atomic E-state index is -0.460. The number of esters is 1. The summed E-state index contributed by atoms with van der Waals surface area (Å²) in [5, 5.41) is 6.98. The van der Waals surface area contributed by atoms with E-state index in [1.54, 1.807) is 4.57 Å². The first-order valence-corrected chi connectivity index (χ1v) is 7.32. The fourth-order valence-corrected chi connectivity index (χ4v) is 2.34. The summed E-state index contributed by atoms with van der Waals surface area (Å²) >= 11 is 1.38. The molecule has 19 heavy (non-hydrogen) atoms. The van der Waals surface area contributed by atoms with E-state index < -0.39 is 5.60 Å². The van der Waals surface area contributed by atoms with E-state index in [2.05, 4.69) is 10.2 Å². The molecule has 0 saturated carbocycles. The molecule has 1 aromatic rings. The Kier molecular flexibility index (Phi) is 5.65. The van der Waals surface area contributed by atoms with Crippen LogP contribution in [0.2, 0.25) is 0 Å². The maximum Gasteiger partial charge on any atom is 0.343 e. The number of aromatic nitrogens is 3. The number of rotatable bonds is 6. The quantitative estimate of drug-likeness (QED) is 0.638. The van der Waals surface area contributed by atoms with E-state index in [0.29, 0.717) is 23.9 Å². The normalized spacial score (nSPS) is 11.6. The summed E-state index contributed by atoms with van der Waals surface area (Å²) in [7, 11) is 0. The van der Waals surface area contributed by atoms with Crippen molar-refractivity contribution in [1.82, 2.24) is 14.8 Å². The molecule has 1 N–H and O–H groups in total. The van der Waals surface area contributed by atoms with Crippen LogP contribution in [0.5, 0.6) is 0 Å². The highest BCUT2D eigenvalue weighted by Crippen LogP contribution is 2.16. The zero-order valence-electron chi connectivity index (χ0n) is 11.9. The second-order valence-corrected chi connectivity index (χ2v) is 6.21. The van der Waals surface area contributed by atoms with Gasteiger partial charge in [-0.25, -0.2) is 9.89 Å². The van der Waals surface area contributed by atoms with Crippen LogP contribution >= 0.6 is 11.8 Å². The lowest BCUT2D eigenvalue weighted by atomic mass is 10.2. The van der Waals surface area contributed by atoms with Crippen molar-refractivity contribution in [1.29, 1.82) is 0 Å². The van der Waals surface area contributed by atoms with Crippen molar-refractivity contribution in [3.63, 3.8) is 0 Å². The van der Waals surface area contributed by atoms with Gasteiger partial charge in [0.1, 0.15) is 5.60 Å². The van der Waals surface area contributed by atoms with Crippen LogP contribution in [-0.4, -0.2) is 32.1 Å². The highest BCUT2D eigenvalue weighted by atomic mass is 32.2. The number of carbonyl (C=O) groups is 1. The standard InChI is InChI=1S/C12H21N3O3S/c1-5-7-15-10(17)13-14-11(15)19-8-6-9(16)18-12(2,3)4/h5-8H2,1-4H3,(H,13,17). The summed E-state index contributed by atoms with van der Waals surface area (Å²) in [6, 6.07) is 0. The molecule has 0 atom stereocenters. The highest BCUT2D eigenvalue weighted by molar-refractivity contribution is 7.99. The fraction of sp³-hybridized carbons (Fsp3) is 0.750. The molecule has 108 valence electrons. The number of aromatic amines is 1. The molecule has 0 amide bonds. The van der Waals surface area contributed by atoms with Crippen LogP contribution < -0.4 is 5.69 Å². The molecule has 7 heteroatoms. The lowest BCUT2D eigenvalue weighted by Crippen LogP contribution is -2.24. The van der Waals surface area contributed by atoms with Crippen LogP contribution in [-0.2, 0) is 16.1 Å². The summed E-state index contributed by atoms with van der Waals surface area (Å²) in [4.78, 5) is 23.0. The summed E-state index contributed by atoms with van der Waals surface area (Å²) < 4.78 is 6.79. The first-order valence-electron chi connectivity index (χ1n) is 6.33. The van der Waals surface area contributed by atoms with Crippen molar-refractivity contribution in [3.05, 3.63) is 10.5 Å². The Hall–Kier alpha value is -1.24. The van der Waals surface area contributed by atoms with E-state index in [1.165, 1.54) is 11.8 Å². The van der Waals surface area contributed by atoms with Gasteiger partial charge in [-0.2, -0.15) is 0 Å². The van der Waals surface area contributed by atoms with Gasteiger partial charge in [-0.05, 0) is 27.2 Å². The molecular formula is C12H21N3O3S. The second-order valence-electron chi connectivity index (χ2n) is 5.15. The summed E-state index contributed by atoms with van der Waals surface area (Å²) in [6.07, 6.45) is 1.16. The first-order chi connectivity index (χ1) is 8.83. The van der Waals surface area contributed by atoms with Gasteiger partial charge in [-0.15, -0.1) is 5.10 Å². The van der Waals surface area contributed by atoms with Crippen LogP contribution in [0, 0.1) is 0 Å². The van der Waals surface area contributed by atoms with E-state index in [1.807, 2.05) is 27.7 Å². The summed E-state index contributed by atoms with van der Waals surface area (Å²) in [6.45, 7) is 8.14. The number of thioether (sulfide) groups is 1. The van der Waals surface area contributed by atoms with Crippen LogP contribution in [0.1, 0.15) is 40.5 Å². The van der Waals surface area contributed by atoms with E-state index >= 15 is 0 Å². The van der Waals surface area contributed by atoms with Crippen molar-refractivity contribution >= 4 is 17.7 Å². The Morgan fingerprint density at radius 2 is 2.16 bits per heavy atom. The number of ether oxygens (including phenoxy) is 1. The lowest BCUT2D eigenvalue weighted by Gasteiger charge is -2.19. The number of H-pyrrole nitrogens is 1. The van der Waals surface area contributed by atoms with Crippen LogP contribution in [0.4, 0.5) is 0 Å². The second kappa shape index (κ2) is 6.79. The largest absolute Gasteiger partial charge is 0.460 e. The third-order valence-electron chi connectivity index (χ3n) is 2.13. The summed E-state index contributed by atoms with van der Waals surface area (Å²) in [5.74, 6) is 0.308. The van der Waals surface area contributed by atoms with Gasteiger partial charge in [-0.1, -0.05) is 18.7 Å². The zero-order chi connectivity index (χ0) is 14.5. The number of hydrogen-bond acceptors (Lipinski definition) is 5. The first kappa shape index (κ1) is 15.8. The predicted molar refractivity (Wildman–Crippen MR) is 74.3 cm³/mol. The molecule has 0 unspecified atom stereocenters. The topological polar surface area (TPSA) is 77.0 Å². The van der Waals surface area contributed by atoms with Gasteiger partial charge in [-0.3, -0.25) is 9.36 Å². The van der Waals surface area contributed by atoms with Gasteiger partial charge in [0.2, 0.25) is 0 Å². The third kappa shape index (κ3) is 5.50. The zero-order valence-corrected chi connectivity index (χ0v) is 12.7. The molecule has 1 aromatic heterocycles. The van der Waals surface area contributed by atoms with Gasteiger partial charge in [0.15, 0.2) is 5.16 Å². The minimum Gasteiger partial charge on any atom is -0.460 e. The van der Waals surface area contributed by atoms with Crippen LogP contribution in [0.15, 0.2) is 9.95 Å². The minimum absolute atomic E-state index is 0.207. The van der Waals surface area contributed by atoms with E-state index in [9.17, 15) is 9.59 Å². The molecule has 0 radical (unpaired) electrons. The number of nitrogens with one attached hydrogen (secondary N) is 1. The number of nitrogens with zero attached hydrogens (tertiary/aromatic N) is 2. The molecule has 1 heterocycles. The van der Waals surface area contributed by atoms with Gasteiger partial charge in [0.25, 0.3) is 0 Å². The molecule has 0 aliphatic rings. The average molecular weight is 287 g/mol. The lowest BCUT2D eigenvalue weighted by molar-refractivity contribution is -0.154. The van der Waals surface area contributed by atoms with Crippen LogP contribution in [0.3, 0.4) is 0 Å². The molecule has 6 nitrogen and oxygen atoms in total. The monoisotopic (exact) mass is 287 g/mol. The van der Waals surface area contributed by atoms with Gasteiger partial charge in [0.05, 0.1) is 6.42 Å². The van der Waals surface area contributed by atoms with Crippen molar-refractivity contribution in [2.45, 2.75) is 57.8 Å². The van der Waals surface area contributed by atoms with E-state index in [0.717, 1.165) is 6.42 Å². The molecule has 0 bridgehead atoms. The van der Waals surface area contributed by atoms with Crippen molar-refractivity contribution < 1.29 is 9.53 Å². The van der Waals surface area contributed by atoms with Crippen LogP contribution in [0.25, 0.3) is 0 Å². The predicted octanol–water partition coefficient (Wildman–Crippen LogP) is 1.81. The SMILES string of the molecule is CCCn1c(SCCC(=O)OC(C)(C)C)n[nH]c1=O. The molecular weight excluding hydrogens is 266 g/mol. The van der Waals surface area contributed by atoms with Crippen molar-refractivity contribution in [3.8, 4) is 0 Å². The highest BCUT2D eigenvalue weighted by Gasteiger charge is 2.16. The molecule has 0 fully saturated rings. The maximum absolute atomic E-state index is 11.5. The third-order valence-corrected chi connectivity index (χ3v) is 3.11. The average Bonchev–Trinajstić information content (AvgIpc) is 2.59. The Morgan fingerprint density at radius 3 is 2.74 bits per heavy atom. The Bertz CT molecular complexity index is 473. The smallest absolute Gasteiger partial charge is 0.343 e. The Morgan fingerprint density at radius 1 is 1.47 bits per heavy atom. The van der Waals surface area contributed by atoms with Crippen molar-refractivity contribution in [2.75, 3.05) is 5.75 Å². The molecule has 0 aliphatic carbocycles. The Balaban J connectivity index is 2.45. The molecule has 1 rings (SSSR count). The molecule has 0 spiro atoms. The van der Waals surface area contributed by atoms with Gasteiger partial charge >= 0.3 is 11.7 Å². The van der Waals surface area contributed by atoms with Crippen molar-refractivity contribution in [2.24, 2.45) is 0 Å². The van der Waals surface area contributed by atoms with Gasteiger partial charge in [0, 0.05) is 12.3 Å².